The second-order valence-corrected chi connectivity index (χ2v) is 3.75. The Morgan fingerprint density at radius 1 is 1.47 bits per heavy atom. The summed E-state index contributed by atoms with van der Waals surface area (Å²) in [5, 5.41) is 26.4. The smallest absolute Gasteiger partial charge is 0.274 e. The summed E-state index contributed by atoms with van der Waals surface area (Å²) >= 11 is 0. The number of phenols is 1. The van der Waals surface area contributed by atoms with Crippen LogP contribution in [0.3, 0.4) is 0 Å². The van der Waals surface area contributed by atoms with Gasteiger partial charge < -0.3 is 10.4 Å². The SMILES string of the molecule is Cn1nccc1C(=O)Nc1cc([N+](=O)[O-])ccc1O. The molecule has 0 spiro atoms. The van der Waals surface area contributed by atoms with Gasteiger partial charge in [0.15, 0.2) is 0 Å². The van der Waals surface area contributed by atoms with Gasteiger partial charge in [-0.05, 0) is 12.1 Å². The molecule has 98 valence electrons. The van der Waals surface area contributed by atoms with Crippen molar-refractivity contribution in [2.45, 2.75) is 0 Å². The van der Waals surface area contributed by atoms with Crippen LogP contribution in [0.1, 0.15) is 10.5 Å². The predicted octanol–water partition coefficient (Wildman–Crippen LogP) is 1.29. The molecular weight excluding hydrogens is 252 g/mol. The van der Waals surface area contributed by atoms with Gasteiger partial charge in [-0.3, -0.25) is 19.6 Å². The number of phenolic OH excluding ortho intramolecular Hbond substituents is 1. The van der Waals surface area contributed by atoms with Crippen LogP contribution in [0.4, 0.5) is 11.4 Å². The Bertz CT molecular complexity index is 650. The Labute approximate surface area is 107 Å². The van der Waals surface area contributed by atoms with Gasteiger partial charge in [0, 0.05) is 25.4 Å². The van der Waals surface area contributed by atoms with Gasteiger partial charge >= 0.3 is 0 Å². The normalized spacial score (nSPS) is 10.2. The molecule has 0 aliphatic rings. The number of hydrogen-bond acceptors (Lipinski definition) is 5. The summed E-state index contributed by atoms with van der Waals surface area (Å²) in [6, 6.07) is 4.87. The molecule has 0 fully saturated rings. The van der Waals surface area contributed by atoms with Crippen LogP contribution in [0.2, 0.25) is 0 Å². The lowest BCUT2D eigenvalue weighted by Crippen LogP contribution is -2.16. The molecule has 0 bridgehead atoms. The lowest BCUT2D eigenvalue weighted by Gasteiger charge is -2.07. The van der Waals surface area contributed by atoms with E-state index in [1.807, 2.05) is 0 Å². The number of nitro groups is 1. The second kappa shape index (κ2) is 4.77. The number of non-ortho nitro benzene ring substituents is 1. The number of carbonyl (C=O) groups is 1. The largest absolute Gasteiger partial charge is 0.506 e. The third-order valence-electron chi connectivity index (χ3n) is 2.49. The number of hydrogen-bond donors (Lipinski definition) is 2. The fourth-order valence-electron chi connectivity index (χ4n) is 1.52. The van der Waals surface area contributed by atoms with E-state index in [2.05, 4.69) is 10.4 Å². The molecule has 0 aliphatic carbocycles. The van der Waals surface area contributed by atoms with E-state index in [9.17, 15) is 20.0 Å². The van der Waals surface area contributed by atoms with Crippen molar-refractivity contribution >= 4 is 17.3 Å². The molecule has 8 heteroatoms. The molecule has 0 aliphatic heterocycles. The number of anilines is 1. The molecule has 8 nitrogen and oxygen atoms in total. The third-order valence-corrected chi connectivity index (χ3v) is 2.49. The summed E-state index contributed by atoms with van der Waals surface area (Å²) in [6.45, 7) is 0. The lowest BCUT2D eigenvalue weighted by molar-refractivity contribution is -0.384. The number of rotatable bonds is 3. The van der Waals surface area contributed by atoms with Gasteiger partial charge in [0.05, 0.1) is 10.6 Å². The summed E-state index contributed by atoms with van der Waals surface area (Å²) in [5.41, 5.74) is 0.0180. The predicted molar refractivity (Wildman–Crippen MR) is 65.9 cm³/mol. The van der Waals surface area contributed by atoms with Crippen molar-refractivity contribution in [3.8, 4) is 5.75 Å². The van der Waals surface area contributed by atoms with Crippen molar-refractivity contribution in [3.05, 3.63) is 46.3 Å². The van der Waals surface area contributed by atoms with Crippen LogP contribution in [0.25, 0.3) is 0 Å². The van der Waals surface area contributed by atoms with Crippen molar-refractivity contribution in [3.63, 3.8) is 0 Å². The van der Waals surface area contributed by atoms with Gasteiger partial charge in [-0.1, -0.05) is 0 Å². The van der Waals surface area contributed by atoms with Crippen LogP contribution in [0.5, 0.6) is 5.75 Å². The second-order valence-electron chi connectivity index (χ2n) is 3.75. The molecule has 0 atom stereocenters. The fourth-order valence-corrected chi connectivity index (χ4v) is 1.52. The van der Waals surface area contributed by atoms with Gasteiger partial charge in [-0.2, -0.15) is 5.10 Å². The molecule has 19 heavy (non-hydrogen) atoms. The quantitative estimate of drug-likeness (QED) is 0.492. The van der Waals surface area contributed by atoms with Crippen molar-refractivity contribution in [2.24, 2.45) is 7.05 Å². The monoisotopic (exact) mass is 262 g/mol. The van der Waals surface area contributed by atoms with Crippen molar-refractivity contribution in [1.29, 1.82) is 0 Å². The molecule has 1 amide bonds. The molecule has 1 aromatic carbocycles. The molecule has 2 aromatic rings. The van der Waals surface area contributed by atoms with Gasteiger partial charge in [0.1, 0.15) is 11.4 Å². The zero-order chi connectivity index (χ0) is 14.0. The summed E-state index contributed by atoms with van der Waals surface area (Å²) < 4.78 is 1.35. The Balaban J connectivity index is 2.28. The lowest BCUT2D eigenvalue weighted by atomic mass is 10.2. The average Bonchev–Trinajstić information content (AvgIpc) is 2.78. The number of aromatic hydroxyl groups is 1. The fraction of sp³-hybridized carbons (Fsp3) is 0.0909. The van der Waals surface area contributed by atoms with Crippen LogP contribution in [-0.4, -0.2) is 25.7 Å². The summed E-state index contributed by atoms with van der Waals surface area (Å²) in [5.74, 6) is -0.767. The Kier molecular flexibility index (Phi) is 3.15. The highest BCUT2D eigenvalue weighted by Gasteiger charge is 2.15. The Morgan fingerprint density at radius 3 is 2.79 bits per heavy atom. The number of carbonyl (C=O) groups excluding carboxylic acids is 1. The summed E-state index contributed by atoms with van der Waals surface area (Å²) in [6.07, 6.45) is 1.45. The highest BCUT2D eigenvalue weighted by molar-refractivity contribution is 6.03. The maximum atomic E-state index is 11.9. The van der Waals surface area contributed by atoms with E-state index in [4.69, 9.17) is 0 Å². The van der Waals surface area contributed by atoms with Gasteiger partial charge in [-0.25, -0.2) is 0 Å². The topological polar surface area (TPSA) is 110 Å². The highest BCUT2D eigenvalue weighted by Crippen LogP contribution is 2.28. The third kappa shape index (κ3) is 2.51. The number of nitro benzene ring substituents is 1. The minimum Gasteiger partial charge on any atom is -0.506 e. The van der Waals surface area contributed by atoms with E-state index >= 15 is 0 Å². The first kappa shape index (κ1) is 12.6. The number of aromatic nitrogens is 2. The zero-order valence-corrected chi connectivity index (χ0v) is 9.90. The average molecular weight is 262 g/mol. The minimum atomic E-state index is -0.612. The number of aryl methyl sites for hydroxylation is 1. The van der Waals surface area contributed by atoms with E-state index in [0.29, 0.717) is 0 Å². The number of nitrogens with one attached hydrogen (secondary N) is 1. The van der Waals surface area contributed by atoms with E-state index in [1.54, 1.807) is 7.05 Å². The van der Waals surface area contributed by atoms with Crippen LogP contribution >= 0.6 is 0 Å². The van der Waals surface area contributed by atoms with Crippen molar-refractivity contribution in [2.75, 3.05) is 5.32 Å². The Morgan fingerprint density at radius 2 is 2.21 bits per heavy atom. The zero-order valence-electron chi connectivity index (χ0n) is 9.90. The molecule has 1 heterocycles. The van der Waals surface area contributed by atoms with Crippen LogP contribution < -0.4 is 5.32 Å². The molecule has 1 aromatic heterocycles. The molecule has 2 N–H and O–H groups in total. The standard InChI is InChI=1S/C11H10N4O4/c1-14-9(4-5-12-14)11(17)13-8-6-7(15(18)19)2-3-10(8)16/h2-6,16H,1H3,(H,13,17). The van der Waals surface area contributed by atoms with Crippen molar-refractivity contribution in [1.82, 2.24) is 9.78 Å². The number of amides is 1. The first-order valence-electron chi connectivity index (χ1n) is 5.26. The number of nitrogens with zero attached hydrogens (tertiary/aromatic N) is 3. The molecule has 2 rings (SSSR count). The van der Waals surface area contributed by atoms with E-state index in [-0.39, 0.29) is 22.8 Å². The van der Waals surface area contributed by atoms with Crippen LogP contribution in [0, 0.1) is 10.1 Å². The molecule has 0 saturated heterocycles. The van der Waals surface area contributed by atoms with Crippen LogP contribution in [-0.2, 0) is 7.05 Å². The van der Waals surface area contributed by atoms with Crippen LogP contribution in [0.15, 0.2) is 30.5 Å². The van der Waals surface area contributed by atoms with E-state index in [1.165, 1.54) is 16.9 Å². The van der Waals surface area contributed by atoms with Crippen molar-refractivity contribution < 1.29 is 14.8 Å². The maximum Gasteiger partial charge on any atom is 0.274 e. The first-order valence-corrected chi connectivity index (χ1v) is 5.26. The molecule has 0 unspecified atom stereocenters. The summed E-state index contributed by atoms with van der Waals surface area (Å²) in [7, 11) is 1.59. The minimum absolute atomic E-state index is 0.0274. The van der Waals surface area contributed by atoms with Gasteiger partial charge in [0.25, 0.3) is 11.6 Å². The Hall–Kier alpha value is -2.90. The number of benzene rings is 1. The van der Waals surface area contributed by atoms with Gasteiger partial charge in [0.2, 0.25) is 0 Å². The highest BCUT2D eigenvalue weighted by atomic mass is 16.6. The molecule has 0 saturated carbocycles. The summed E-state index contributed by atoms with van der Waals surface area (Å²) in [4.78, 5) is 21.9. The van der Waals surface area contributed by atoms with E-state index < -0.39 is 10.8 Å². The van der Waals surface area contributed by atoms with Gasteiger partial charge in [-0.15, -0.1) is 0 Å². The first-order chi connectivity index (χ1) is 8.99. The molecular formula is C11H10N4O4. The maximum absolute atomic E-state index is 11.9. The van der Waals surface area contributed by atoms with E-state index in [0.717, 1.165) is 18.2 Å². The molecule has 0 radical (unpaired) electrons.